The van der Waals surface area contributed by atoms with Gasteiger partial charge in [-0.25, -0.2) is 4.79 Å². The summed E-state index contributed by atoms with van der Waals surface area (Å²) in [6.07, 6.45) is -2.82. The third kappa shape index (κ3) is 4.61. The number of hydrogen-bond acceptors (Lipinski definition) is 7. The van der Waals surface area contributed by atoms with Gasteiger partial charge in [0.15, 0.2) is 0 Å². The van der Waals surface area contributed by atoms with E-state index in [0.29, 0.717) is 48.6 Å². The summed E-state index contributed by atoms with van der Waals surface area (Å²) < 4.78 is 40.0. The van der Waals surface area contributed by atoms with Crippen molar-refractivity contribution >= 4 is 17.8 Å². The van der Waals surface area contributed by atoms with Gasteiger partial charge in [0.1, 0.15) is 12.2 Å². The van der Waals surface area contributed by atoms with E-state index in [0.717, 1.165) is 5.56 Å². The Morgan fingerprint density at radius 2 is 1.86 bits per heavy atom. The van der Waals surface area contributed by atoms with E-state index in [1.54, 1.807) is 36.4 Å². The normalized spacial score (nSPS) is 18.6. The second-order valence-electron chi connectivity index (χ2n) is 9.01. The van der Waals surface area contributed by atoms with Crippen molar-refractivity contribution in [1.82, 2.24) is 15.0 Å². The number of alkyl halides is 2. The maximum atomic E-state index is 15.2. The van der Waals surface area contributed by atoms with Crippen molar-refractivity contribution < 1.29 is 33.0 Å². The third-order valence-corrected chi connectivity index (χ3v) is 6.85. The number of ether oxygens (including phenoxy) is 1. The van der Waals surface area contributed by atoms with Gasteiger partial charge in [0.2, 0.25) is 5.82 Å². The van der Waals surface area contributed by atoms with Gasteiger partial charge >= 0.3 is 12.1 Å². The van der Waals surface area contributed by atoms with Crippen LogP contribution < -0.4 is 0 Å². The number of carboxylic acid groups (broad SMARTS) is 1. The molecule has 35 heavy (non-hydrogen) atoms. The van der Waals surface area contributed by atoms with Crippen molar-refractivity contribution in [3.63, 3.8) is 0 Å². The fraction of sp³-hybridized carbons (Fsp3) is 0.375. The fourth-order valence-electron chi connectivity index (χ4n) is 4.46. The highest BCUT2D eigenvalue weighted by Gasteiger charge is 2.62. The topological polar surface area (TPSA) is 109 Å². The molecule has 2 heterocycles. The van der Waals surface area contributed by atoms with Crippen LogP contribution in [-0.2, 0) is 22.6 Å². The van der Waals surface area contributed by atoms with E-state index in [2.05, 4.69) is 10.1 Å². The minimum atomic E-state index is -3.74. The number of aromatic nitrogens is 2. The molecule has 5 rings (SSSR count). The van der Waals surface area contributed by atoms with E-state index in [9.17, 15) is 9.90 Å². The van der Waals surface area contributed by atoms with Crippen LogP contribution in [0.2, 0.25) is 5.02 Å². The summed E-state index contributed by atoms with van der Waals surface area (Å²) in [5, 5.41) is 23.5. The molecule has 1 aliphatic carbocycles. The van der Waals surface area contributed by atoms with Crippen LogP contribution in [0.5, 0.6) is 0 Å². The van der Waals surface area contributed by atoms with E-state index in [1.807, 2.05) is 17.0 Å². The van der Waals surface area contributed by atoms with Crippen molar-refractivity contribution in [2.45, 2.75) is 42.9 Å². The van der Waals surface area contributed by atoms with E-state index in [1.165, 1.54) is 0 Å². The van der Waals surface area contributed by atoms with Crippen molar-refractivity contribution in [3.8, 4) is 11.4 Å². The van der Waals surface area contributed by atoms with Gasteiger partial charge in [-0.1, -0.05) is 53.2 Å². The molecule has 184 valence electrons. The minimum absolute atomic E-state index is 0.00589. The van der Waals surface area contributed by atoms with Gasteiger partial charge in [-0.15, -0.1) is 0 Å². The number of likely N-dealkylation sites (tertiary alicyclic amines) is 1. The van der Waals surface area contributed by atoms with Crippen LogP contribution in [0.1, 0.15) is 29.9 Å². The van der Waals surface area contributed by atoms with Crippen LogP contribution in [0.3, 0.4) is 0 Å². The monoisotopic (exact) mass is 505 g/mol. The average Bonchev–Trinajstić information content (AvgIpc) is 3.45. The zero-order valence-corrected chi connectivity index (χ0v) is 19.2. The molecule has 1 saturated heterocycles. The number of aliphatic hydroxyl groups excluding tert-OH is 1. The zero-order valence-electron chi connectivity index (χ0n) is 18.4. The minimum Gasteiger partial charge on any atom is -0.450 e. The first-order valence-electron chi connectivity index (χ1n) is 11.0. The molecule has 0 bridgehead atoms. The second kappa shape index (κ2) is 8.85. The van der Waals surface area contributed by atoms with E-state index >= 15 is 8.78 Å². The van der Waals surface area contributed by atoms with Crippen LogP contribution >= 0.6 is 11.6 Å². The highest BCUT2D eigenvalue weighted by Crippen LogP contribution is 2.56. The van der Waals surface area contributed by atoms with Crippen LogP contribution in [0.15, 0.2) is 53.1 Å². The zero-order chi connectivity index (χ0) is 24.8. The first-order chi connectivity index (χ1) is 16.7. The molecule has 8 nitrogen and oxygen atoms in total. The molecule has 1 atom stereocenters. The van der Waals surface area contributed by atoms with E-state index < -0.39 is 29.5 Å². The summed E-state index contributed by atoms with van der Waals surface area (Å²) in [6.45, 7) is 1.61. The summed E-state index contributed by atoms with van der Waals surface area (Å²) in [4.78, 5) is 16.4. The summed E-state index contributed by atoms with van der Waals surface area (Å²) in [6, 6.07) is 13.5. The summed E-state index contributed by atoms with van der Waals surface area (Å²) in [5.41, 5.74) is 0.942. The summed E-state index contributed by atoms with van der Waals surface area (Å²) >= 11 is 5.90. The number of carbonyl (C=O) groups is 1. The number of aliphatic hydroxyl groups is 1. The highest BCUT2D eigenvalue weighted by molar-refractivity contribution is 6.30. The van der Waals surface area contributed by atoms with Gasteiger partial charge in [0.25, 0.3) is 5.89 Å². The molecular formula is C24H22ClF2N3O5. The molecule has 2 fully saturated rings. The number of halogens is 3. The number of rotatable bonds is 8. The molecule has 0 amide bonds. The largest absolute Gasteiger partial charge is 0.506 e. The molecular weight excluding hydrogens is 484 g/mol. The summed E-state index contributed by atoms with van der Waals surface area (Å²) in [7, 11) is 0. The van der Waals surface area contributed by atoms with Crippen molar-refractivity contribution in [2.24, 2.45) is 0 Å². The van der Waals surface area contributed by atoms with Crippen LogP contribution in [-0.4, -0.2) is 56.7 Å². The lowest BCUT2D eigenvalue weighted by Crippen LogP contribution is -2.52. The predicted octanol–water partition coefficient (Wildman–Crippen LogP) is 4.45. The Kier molecular flexibility index (Phi) is 5.98. The Bertz CT molecular complexity index is 1210. The maximum Gasteiger partial charge on any atom is 0.506 e. The maximum absolute atomic E-state index is 15.2. The number of benzene rings is 2. The molecule has 2 aliphatic rings. The fourth-order valence-corrected chi connectivity index (χ4v) is 4.59. The standard InChI is InChI=1S/C24H22ClF2N3O5/c25-17-7-5-16(6-8-17)23(9-10-23)20(31)24(26,27)21-28-19(29-35-21)15-3-1-14(2-4-15)11-30-12-18(13-30)34-22(32)33/h1-8,18,20,31H,9-13H2,(H,32,33). The van der Waals surface area contributed by atoms with Crippen LogP contribution in [0.4, 0.5) is 13.6 Å². The van der Waals surface area contributed by atoms with E-state index in [-0.39, 0.29) is 11.9 Å². The molecule has 1 aliphatic heterocycles. The van der Waals surface area contributed by atoms with Crippen LogP contribution in [0, 0.1) is 0 Å². The van der Waals surface area contributed by atoms with Gasteiger partial charge in [-0.3, -0.25) is 4.90 Å². The predicted molar refractivity (Wildman–Crippen MR) is 120 cm³/mol. The smallest absolute Gasteiger partial charge is 0.450 e. The quantitative estimate of drug-likeness (QED) is 0.432. The molecule has 11 heteroatoms. The highest BCUT2D eigenvalue weighted by atomic mass is 35.5. The third-order valence-electron chi connectivity index (χ3n) is 6.60. The lowest BCUT2D eigenvalue weighted by Gasteiger charge is -2.37. The SMILES string of the molecule is O=C(O)OC1CN(Cc2ccc(-c3noc(C(F)(F)C(O)C4(c5ccc(Cl)cc5)CC4)n3)cc2)C1. The molecule has 1 unspecified atom stereocenters. The van der Waals surface area contributed by atoms with Crippen LogP contribution in [0.25, 0.3) is 11.4 Å². The molecule has 2 N–H and O–H groups in total. The van der Waals surface area contributed by atoms with Gasteiger partial charge in [-0.2, -0.15) is 13.8 Å². The second-order valence-corrected chi connectivity index (χ2v) is 9.44. The molecule has 1 saturated carbocycles. The van der Waals surface area contributed by atoms with Crippen molar-refractivity contribution in [3.05, 3.63) is 70.6 Å². The number of nitrogens with zero attached hydrogens (tertiary/aromatic N) is 3. The average molecular weight is 506 g/mol. The van der Waals surface area contributed by atoms with Gasteiger partial charge in [0.05, 0.1) is 0 Å². The molecule has 1 aromatic heterocycles. The Hall–Kier alpha value is -3.08. The van der Waals surface area contributed by atoms with Crippen molar-refractivity contribution in [2.75, 3.05) is 13.1 Å². The van der Waals surface area contributed by atoms with E-state index in [4.69, 9.17) is 26.0 Å². The Morgan fingerprint density at radius 3 is 2.46 bits per heavy atom. The lowest BCUT2D eigenvalue weighted by molar-refractivity contribution is -0.148. The number of hydrogen-bond donors (Lipinski definition) is 2. The lowest BCUT2D eigenvalue weighted by atomic mass is 9.86. The Morgan fingerprint density at radius 1 is 1.20 bits per heavy atom. The van der Waals surface area contributed by atoms with Gasteiger partial charge < -0.3 is 19.5 Å². The summed E-state index contributed by atoms with van der Waals surface area (Å²) in [5.74, 6) is -4.68. The van der Waals surface area contributed by atoms with Crippen molar-refractivity contribution in [1.29, 1.82) is 0 Å². The molecule has 0 spiro atoms. The molecule has 2 aromatic carbocycles. The van der Waals surface area contributed by atoms with Gasteiger partial charge in [-0.05, 0) is 36.1 Å². The van der Waals surface area contributed by atoms with Gasteiger partial charge in [0, 0.05) is 35.6 Å². The molecule has 3 aromatic rings. The Balaban J connectivity index is 1.25. The Labute approximate surface area is 204 Å². The molecule has 0 radical (unpaired) electrons. The first-order valence-corrected chi connectivity index (χ1v) is 11.4. The first kappa shape index (κ1) is 23.7.